The number of halogens is 1. The van der Waals surface area contributed by atoms with Crippen molar-refractivity contribution in [2.45, 2.75) is 13.0 Å². The third kappa shape index (κ3) is 3.32. The molecule has 1 aromatic heterocycles. The van der Waals surface area contributed by atoms with Crippen LogP contribution in [-0.4, -0.2) is 40.8 Å². The summed E-state index contributed by atoms with van der Waals surface area (Å²) < 4.78 is 0. The number of benzene rings is 1. The van der Waals surface area contributed by atoms with Crippen molar-refractivity contribution in [1.82, 2.24) is 9.88 Å². The number of pyridine rings is 1. The first kappa shape index (κ1) is 16.9. The number of rotatable bonds is 2. The molecule has 0 bridgehead atoms. The maximum atomic E-state index is 12.7. The van der Waals surface area contributed by atoms with E-state index in [4.69, 9.17) is 16.9 Å². The Morgan fingerprint density at radius 2 is 2.08 bits per heavy atom. The van der Waals surface area contributed by atoms with Gasteiger partial charge in [-0.25, -0.2) is 4.98 Å². The Balaban J connectivity index is 1.80. The molecule has 1 saturated heterocycles. The monoisotopic (exact) mass is 354 g/mol. The molecule has 6 nitrogen and oxygen atoms in total. The van der Waals surface area contributed by atoms with Crippen molar-refractivity contribution < 1.29 is 9.59 Å². The van der Waals surface area contributed by atoms with Crippen LogP contribution in [0.1, 0.15) is 23.0 Å². The molecule has 1 fully saturated rings. The number of nitrogens with zero attached hydrogens (tertiary/aromatic N) is 4. The fourth-order valence-corrected chi connectivity index (χ4v) is 3.02. The van der Waals surface area contributed by atoms with Crippen LogP contribution in [0.25, 0.3) is 0 Å². The number of amides is 2. The number of para-hydroxylation sites is 1. The molecule has 0 spiro atoms. The number of hydrogen-bond acceptors (Lipinski definition) is 4. The van der Waals surface area contributed by atoms with Gasteiger partial charge in [0.05, 0.1) is 16.3 Å². The fraction of sp³-hybridized carbons (Fsp3) is 0.222. The van der Waals surface area contributed by atoms with Crippen LogP contribution < -0.4 is 4.90 Å². The summed E-state index contributed by atoms with van der Waals surface area (Å²) in [5.74, 6) is -0.474. The molecule has 0 saturated carbocycles. The molecule has 7 heteroatoms. The van der Waals surface area contributed by atoms with Crippen LogP contribution in [0.4, 0.5) is 5.69 Å². The average Bonchev–Trinajstić information content (AvgIpc) is 2.63. The summed E-state index contributed by atoms with van der Waals surface area (Å²) in [6.07, 6.45) is 1.36. The predicted molar refractivity (Wildman–Crippen MR) is 93.3 cm³/mol. The van der Waals surface area contributed by atoms with E-state index in [2.05, 4.69) is 4.98 Å². The highest BCUT2D eigenvalue weighted by molar-refractivity contribution is 6.33. The molecule has 0 unspecified atom stereocenters. The van der Waals surface area contributed by atoms with E-state index in [1.807, 2.05) is 19.1 Å². The topological polar surface area (TPSA) is 77.3 Å². The molecule has 1 atom stereocenters. The normalized spacial score (nSPS) is 17.3. The van der Waals surface area contributed by atoms with Crippen molar-refractivity contribution in [3.8, 4) is 6.07 Å². The summed E-state index contributed by atoms with van der Waals surface area (Å²) in [6.45, 7) is 2.20. The number of anilines is 1. The van der Waals surface area contributed by atoms with Gasteiger partial charge in [0.1, 0.15) is 18.3 Å². The lowest BCUT2D eigenvalue weighted by molar-refractivity contribution is -0.121. The second kappa shape index (κ2) is 6.91. The van der Waals surface area contributed by atoms with Crippen LogP contribution in [0.15, 0.2) is 42.6 Å². The van der Waals surface area contributed by atoms with E-state index in [1.54, 1.807) is 29.2 Å². The Kier molecular flexibility index (Phi) is 4.68. The lowest BCUT2D eigenvalue weighted by Crippen LogP contribution is -2.57. The Hall–Kier alpha value is -2.91. The zero-order chi connectivity index (χ0) is 18.0. The largest absolute Gasteiger partial charge is 0.325 e. The van der Waals surface area contributed by atoms with E-state index in [9.17, 15) is 9.59 Å². The number of hydrogen-bond donors (Lipinski definition) is 0. The minimum Gasteiger partial charge on any atom is -0.325 e. The SMILES string of the molecule is C[C@@H]1CN(c2ccccc2Cl)C(=O)CN1C(=O)c1ccc(C#N)nc1. The standard InChI is InChI=1S/C18H15ClN4O2/c1-12-10-23(16-5-3-2-4-15(16)19)17(24)11-22(12)18(25)13-6-7-14(8-20)21-9-13/h2-7,9,12H,10-11H2,1H3/t12-/m1/s1. The van der Waals surface area contributed by atoms with E-state index in [-0.39, 0.29) is 30.1 Å². The maximum absolute atomic E-state index is 12.7. The van der Waals surface area contributed by atoms with Gasteiger partial charge in [0.15, 0.2) is 0 Å². The van der Waals surface area contributed by atoms with Crippen molar-refractivity contribution in [2.24, 2.45) is 0 Å². The van der Waals surface area contributed by atoms with Gasteiger partial charge in [0.25, 0.3) is 5.91 Å². The summed E-state index contributed by atoms with van der Waals surface area (Å²) in [5, 5.41) is 9.28. The number of carbonyl (C=O) groups excluding carboxylic acids is 2. The number of carbonyl (C=O) groups is 2. The molecule has 0 N–H and O–H groups in total. The zero-order valence-electron chi connectivity index (χ0n) is 13.5. The highest BCUT2D eigenvalue weighted by Gasteiger charge is 2.34. The quantitative estimate of drug-likeness (QED) is 0.830. The molecular formula is C18H15ClN4O2. The second-order valence-electron chi connectivity index (χ2n) is 5.78. The molecule has 1 aliphatic heterocycles. The lowest BCUT2D eigenvalue weighted by atomic mass is 10.1. The molecule has 0 radical (unpaired) electrons. The van der Waals surface area contributed by atoms with Crippen LogP contribution in [0, 0.1) is 11.3 Å². The van der Waals surface area contributed by atoms with E-state index in [0.29, 0.717) is 22.8 Å². The highest BCUT2D eigenvalue weighted by atomic mass is 35.5. The number of piperazine rings is 1. The third-order valence-electron chi connectivity index (χ3n) is 4.11. The van der Waals surface area contributed by atoms with Crippen molar-refractivity contribution in [3.05, 3.63) is 58.9 Å². The van der Waals surface area contributed by atoms with Crippen molar-refractivity contribution >= 4 is 29.1 Å². The first-order chi connectivity index (χ1) is 12.0. The summed E-state index contributed by atoms with van der Waals surface area (Å²) >= 11 is 6.18. The molecule has 1 aliphatic rings. The minimum atomic E-state index is -0.281. The maximum Gasteiger partial charge on any atom is 0.256 e. The van der Waals surface area contributed by atoms with Crippen LogP contribution in [0.3, 0.4) is 0 Å². The Bertz CT molecular complexity index is 860. The van der Waals surface area contributed by atoms with Gasteiger partial charge in [-0.3, -0.25) is 9.59 Å². The predicted octanol–water partition coefficient (Wildman–Crippen LogP) is 2.48. The van der Waals surface area contributed by atoms with E-state index >= 15 is 0 Å². The third-order valence-corrected chi connectivity index (χ3v) is 4.43. The van der Waals surface area contributed by atoms with E-state index in [1.165, 1.54) is 17.2 Å². The molecule has 2 heterocycles. The molecule has 2 aromatic rings. The summed E-state index contributed by atoms with van der Waals surface area (Å²) in [6, 6.07) is 11.9. The summed E-state index contributed by atoms with van der Waals surface area (Å²) in [4.78, 5) is 32.3. The van der Waals surface area contributed by atoms with Gasteiger partial charge in [-0.2, -0.15) is 5.26 Å². The molecule has 1 aromatic carbocycles. The Morgan fingerprint density at radius 1 is 1.32 bits per heavy atom. The van der Waals surface area contributed by atoms with Crippen LogP contribution in [-0.2, 0) is 4.79 Å². The van der Waals surface area contributed by atoms with Crippen molar-refractivity contribution in [3.63, 3.8) is 0 Å². The lowest BCUT2D eigenvalue weighted by Gasteiger charge is -2.39. The second-order valence-corrected chi connectivity index (χ2v) is 6.19. The molecule has 126 valence electrons. The van der Waals surface area contributed by atoms with Crippen LogP contribution >= 0.6 is 11.6 Å². The van der Waals surface area contributed by atoms with E-state index in [0.717, 1.165) is 0 Å². The first-order valence-corrected chi connectivity index (χ1v) is 8.11. The van der Waals surface area contributed by atoms with Gasteiger partial charge in [0, 0.05) is 18.8 Å². The molecular weight excluding hydrogens is 340 g/mol. The Morgan fingerprint density at radius 3 is 2.72 bits per heavy atom. The van der Waals surface area contributed by atoms with Crippen molar-refractivity contribution in [1.29, 1.82) is 5.26 Å². The van der Waals surface area contributed by atoms with Gasteiger partial charge in [-0.05, 0) is 31.2 Å². The average molecular weight is 355 g/mol. The van der Waals surface area contributed by atoms with Gasteiger partial charge in [-0.1, -0.05) is 23.7 Å². The number of nitriles is 1. The molecule has 2 amide bonds. The van der Waals surface area contributed by atoms with Gasteiger partial charge in [-0.15, -0.1) is 0 Å². The van der Waals surface area contributed by atoms with Gasteiger partial charge >= 0.3 is 0 Å². The molecule has 3 rings (SSSR count). The number of aromatic nitrogens is 1. The molecule has 25 heavy (non-hydrogen) atoms. The summed E-state index contributed by atoms with van der Waals surface area (Å²) in [5.41, 5.74) is 1.24. The fourth-order valence-electron chi connectivity index (χ4n) is 2.78. The molecule has 0 aliphatic carbocycles. The Labute approximate surface area is 150 Å². The van der Waals surface area contributed by atoms with Gasteiger partial charge < -0.3 is 9.80 Å². The summed E-state index contributed by atoms with van der Waals surface area (Å²) in [7, 11) is 0. The van der Waals surface area contributed by atoms with Crippen LogP contribution in [0.5, 0.6) is 0 Å². The van der Waals surface area contributed by atoms with Crippen LogP contribution in [0.2, 0.25) is 5.02 Å². The van der Waals surface area contributed by atoms with Gasteiger partial charge in [0.2, 0.25) is 5.91 Å². The van der Waals surface area contributed by atoms with Crippen molar-refractivity contribution in [2.75, 3.05) is 18.0 Å². The smallest absolute Gasteiger partial charge is 0.256 e. The zero-order valence-corrected chi connectivity index (χ0v) is 14.3. The first-order valence-electron chi connectivity index (χ1n) is 7.73. The highest BCUT2D eigenvalue weighted by Crippen LogP contribution is 2.28. The minimum absolute atomic E-state index is 0.0365. The van der Waals surface area contributed by atoms with E-state index < -0.39 is 0 Å².